The van der Waals surface area contributed by atoms with Gasteiger partial charge < -0.3 is 5.32 Å². The molecular weight excluding hydrogens is 222 g/mol. The first-order chi connectivity index (χ1) is 8.78. The lowest BCUT2D eigenvalue weighted by atomic mass is 9.92. The summed E-state index contributed by atoms with van der Waals surface area (Å²) in [5, 5.41) is 3.38. The number of rotatable bonds is 2. The topological polar surface area (TPSA) is 37.8 Å². The number of fused-ring (bicyclic) bond motifs is 1. The molecule has 1 N–H and O–H groups in total. The highest BCUT2D eigenvalue weighted by Crippen LogP contribution is 2.37. The Morgan fingerprint density at radius 3 is 2.89 bits per heavy atom. The van der Waals surface area contributed by atoms with Crippen LogP contribution in [0.4, 0.5) is 0 Å². The Balaban J connectivity index is 1.86. The molecule has 0 radical (unpaired) electrons. The second-order valence-corrected chi connectivity index (χ2v) is 5.98. The zero-order chi connectivity index (χ0) is 12.5. The van der Waals surface area contributed by atoms with Crippen LogP contribution in [-0.2, 0) is 6.42 Å². The van der Waals surface area contributed by atoms with Crippen molar-refractivity contribution in [2.45, 2.75) is 57.4 Å². The second kappa shape index (κ2) is 4.96. The Labute approximate surface area is 109 Å². The van der Waals surface area contributed by atoms with Gasteiger partial charge in [-0.1, -0.05) is 6.92 Å². The van der Waals surface area contributed by atoms with E-state index in [2.05, 4.69) is 23.4 Å². The van der Waals surface area contributed by atoms with Crippen LogP contribution in [0.5, 0.6) is 0 Å². The molecule has 0 bridgehead atoms. The molecule has 3 rings (SSSR count). The number of nitrogens with zero attached hydrogens (tertiary/aromatic N) is 2. The molecule has 1 aromatic heterocycles. The molecule has 3 heteroatoms. The average Bonchev–Trinajstić information content (AvgIpc) is 2.84. The van der Waals surface area contributed by atoms with Crippen LogP contribution in [0.1, 0.15) is 68.1 Å². The predicted molar refractivity (Wildman–Crippen MR) is 72.5 cm³/mol. The van der Waals surface area contributed by atoms with E-state index in [0.717, 1.165) is 18.2 Å². The van der Waals surface area contributed by atoms with Gasteiger partial charge in [0.1, 0.15) is 5.82 Å². The minimum absolute atomic E-state index is 0.463. The summed E-state index contributed by atoms with van der Waals surface area (Å²) in [6.45, 7) is 2.34. The molecule has 2 aliphatic carbocycles. The van der Waals surface area contributed by atoms with Crippen LogP contribution in [0.15, 0.2) is 6.20 Å². The van der Waals surface area contributed by atoms with Crippen molar-refractivity contribution in [2.24, 2.45) is 5.92 Å². The molecule has 1 saturated carbocycles. The molecule has 0 spiro atoms. The van der Waals surface area contributed by atoms with Gasteiger partial charge in [0.25, 0.3) is 0 Å². The first-order valence-corrected chi connectivity index (χ1v) is 7.31. The fourth-order valence-corrected chi connectivity index (χ4v) is 3.50. The van der Waals surface area contributed by atoms with Crippen molar-refractivity contribution in [2.75, 3.05) is 7.05 Å². The van der Waals surface area contributed by atoms with Crippen molar-refractivity contribution < 1.29 is 0 Å². The standard InChI is InChI=1S/C15H23N3/c1-10-6-7-11(8-10)15-17-9-12-13(16-2)4-3-5-14(12)18-15/h9-11,13,16H,3-8H2,1-2H3. The van der Waals surface area contributed by atoms with E-state index in [9.17, 15) is 0 Å². The molecule has 0 saturated heterocycles. The largest absolute Gasteiger partial charge is 0.313 e. The Kier molecular flexibility index (Phi) is 3.33. The highest BCUT2D eigenvalue weighted by Gasteiger charge is 2.27. The Morgan fingerprint density at radius 2 is 2.17 bits per heavy atom. The maximum Gasteiger partial charge on any atom is 0.131 e. The maximum atomic E-state index is 4.88. The molecule has 3 nitrogen and oxygen atoms in total. The molecule has 0 aromatic carbocycles. The van der Waals surface area contributed by atoms with Gasteiger partial charge in [-0.05, 0) is 51.5 Å². The average molecular weight is 245 g/mol. The Hall–Kier alpha value is -0.960. The number of aryl methyl sites for hydroxylation is 1. The fourth-order valence-electron chi connectivity index (χ4n) is 3.50. The van der Waals surface area contributed by atoms with Gasteiger partial charge in [-0.3, -0.25) is 0 Å². The minimum Gasteiger partial charge on any atom is -0.313 e. The summed E-state index contributed by atoms with van der Waals surface area (Å²) in [6.07, 6.45) is 9.56. The second-order valence-electron chi connectivity index (χ2n) is 5.98. The van der Waals surface area contributed by atoms with Gasteiger partial charge >= 0.3 is 0 Å². The summed E-state index contributed by atoms with van der Waals surface area (Å²) in [6, 6.07) is 0.463. The van der Waals surface area contributed by atoms with Gasteiger partial charge in [-0.15, -0.1) is 0 Å². The zero-order valence-corrected chi connectivity index (χ0v) is 11.4. The molecule has 1 fully saturated rings. The molecule has 3 atom stereocenters. The van der Waals surface area contributed by atoms with Crippen molar-refractivity contribution in [1.29, 1.82) is 0 Å². The molecule has 3 unspecified atom stereocenters. The predicted octanol–water partition coefficient (Wildman–Crippen LogP) is 2.98. The third kappa shape index (κ3) is 2.16. The van der Waals surface area contributed by atoms with Crippen molar-refractivity contribution in [3.05, 3.63) is 23.3 Å². The molecule has 98 valence electrons. The van der Waals surface area contributed by atoms with Gasteiger partial charge in [0.2, 0.25) is 0 Å². The highest BCUT2D eigenvalue weighted by atomic mass is 14.9. The van der Waals surface area contributed by atoms with Gasteiger partial charge in [-0.2, -0.15) is 0 Å². The van der Waals surface area contributed by atoms with Gasteiger partial charge in [-0.25, -0.2) is 9.97 Å². The maximum absolute atomic E-state index is 4.88. The van der Waals surface area contributed by atoms with Crippen molar-refractivity contribution >= 4 is 0 Å². The van der Waals surface area contributed by atoms with Crippen LogP contribution in [0.2, 0.25) is 0 Å². The van der Waals surface area contributed by atoms with Crippen LogP contribution < -0.4 is 5.32 Å². The lowest BCUT2D eigenvalue weighted by Gasteiger charge is -2.24. The number of hydrogen-bond acceptors (Lipinski definition) is 3. The quantitative estimate of drug-likeness (QED) is 0.870. The first kappa shape index (κ1) is 12.1. The summed E-state index contributed by atoms with van der Waals surface area (Å²) in [4.78, 5) is 9.53. The Bertz CT molecular complexity index is 430. The van der Waals surface area contributed by atoms with Gasteiger partial charge in [0.15, 0.2) is 0 Å². The molecule has 1 heterocycles. The van der Waals surface area contributed by atoms with Crippen LogP contribution in [0, 0.1) is 5.92 Å². The first-order valence-electron chi connectivity index (χ1n) is 7.31. The summed E-state index contributed by atoms with van der Waals surface area (Å²) < 4.78 is 0. The molecule has 0 aliphatic heterocycles. The summed E-state index contributed by atoms with van der Waals surface area (Å²) in [5.74, 6) is 2.56. The number of aromatic nitrogens is 2. The summed E-state index contributed by atoms with van der Waals surface area (Å²) in [7, 11) is 2.03. The third-order valence-electron chi connectivity index (χ3n) is 4.61. The monoisotopic (exact) mass is 245 g/mol. The lowest BCUT2D eigenvalue weighted by Crippen LogP contribution is -2.23. The van der Waals surface area contributed by atoms with E-state index in [1.165, 1.54) is 43.4 Å². The SMILES string of the molecule is CNC1CCCc2nc(C3CCC(C)C3)ncc21. The number of nitrogens with one attached hydrogen (secondary N) is 1. The van der Waals surface area contributed by atoms with E-state index in [4.69, 9.17) is 4.98 Å². The molecular formula is C15H23N3. The summed E-state index contributed by atoms with van der Waals surface area (Å²) >= 11 is 0. The number of hydrogen-bond donors (Lipinski definition) is 1. The van der Waals surface area contributed by atoms with E-state index in [0.29, 0.717) is 12.0 Å². The van der Waals surface area contributed by atoms with Gasteiger partial charge in [0.05, 0.1) is 0 Å². The van der Waals surface area contributed by atoms with Crippen molar-refractivity contribution in [1.82, 2.24) is 15.3 Å². The van der Waals surface area contributed by atoms with E-state index in [1.54, 1.807) is 0 Å². The third-order valence-corrected chi connectivity index (χ3v) is 4.61. The molecule has 2 aliphatic rings. The van der Waals surface area contributed by atoms with Crippen LogP contribution in [0.25, 0.3) is 0 Å². The molecule has 1 aromatic rings. The fraction of sp³-hybridized carbons (Fsp3) is 0.733. The van der Waals surface area contributed by atoms with E-state index in [1.807, 2.05) is 7.05 Å². The lowest BCUT2D eigenvalue weighted by molar-refractivity contribution is 0.482. The Morgan fingerprint density at radius 1 is 1.28 bits per heavy atom. The molecule has 18 heavy (non-hydrogen) atoms. The van der Waals surface area contributed by atoms with Crippen LogP contribution in [0.3, 0.4) is 0 Å². The van der Waals surface area contributed by atoms with Crippen molar-refractivity contribution in [3.63, 3.8) is 0 Å². The van der Waals surface area contributed by atoms with Crippen molar-refractivity contribution in [3.8, 4) is 0 Å². The highest BCUT2D eigenvalue weighted by molar-refractivity contribution is 5.25. The zero-order valence-electron chi connectivity index (χ0n) is 11.4. The van der Waals surface area contributed by atoms with E-state index >= 15 is 0 Å². The van der Waals surface area contributed by atoms with Crippen LogP contribution in [-0.4, -0.2) is 17.0 Å². The van der Waals surface area contributed by atoms with E-state index in [-0.39, 0.29) is 0 Å². The minimum atomic E-state index is 0.463. The molecule has 0 amide bonds. The summed E-state index contributed by atoms with van der Waals surface area (Å²) in [5.41, 5.74) is 2.63. The van der Waals surface area contributed by atoms with Crippen LogP contribution >= 0.6 is 0 Å². The normalized spacial score (nSPS) is 31.3. The smallest absolute Gasteiger partial charge is 0.131 e. The van der Waals surface area contributed by atoms with E-state index < -0.39 is 0 Å². The van der Waals surface area contributed by atoms with Gasteiger partial charge in [0, 0.05) is 29.4 Å².